The molecule has 0 fully saturated rings. The summed E-state index contributed by atoms with van der Waals surface area (Å²) in [5.41, 5.74) is 15.9. The Morgan fingerprint density at radius 2 is 1.47 bits per heavy atom. The smallest absolute Gasteiger partial charge is 0.480 e. The van der Waals surface area contributed by atoms with E-state index in [4.69, 9.17) is 21.4 Å². The fraction of sp³-hybridized carbons (Fsp3) is 0.226. The standard InChI is InChI=1S/C19H19N3O3S.C10H11NO.C2HF3O2/c20-13-22-16(12-26-19(22)15-9-5-2-6-10-15)21(11-17(23)24)18(25)14-7-3-1-4-8-14;11-10(12)9-5-4-7-2-1-3-8(7)6-9;3-2(4,5)1(6)7/h1-10,12,19H,11,13,20H2,(H,23,24);4-6H,1-3H2,(H2,11,12);(H,6,7). The number of hydrogen-bond acceptors (Lipinski definition) is 7. The van der Waals surface area contributed by atoms with E-state index in [1.807, 2.05) is 53.4 Å². The average molecular weight is 645 g/mol. The Labute approximate surface area is 261 Å². The van der Waals surface area contributed by atoms with E-state index in [0.717, 1.165) is 18.4 Å². The third-order valence-corrected chi connectivity index (χ3v) is 7.75. The molecule has 0 aromatic heterocycles. The number of carboxylic acids is 2. The van der Waals surface area contributed by atoms with Crippen molar-refractivity contribution in [1.82, 2.24) is 9.80 Å². The highest BCUT2D eigenvalue weighted by molar-refractivity contribution is 8.02. The predicted octanol–water partition coefficient (Wildman–Crippen LogP) is 4.58. The van der Waals surface area contributed by atoms with Gasteiger partial charge in [-0.1, -0.05) is 54.6 Å². The van der Waals surface area contributed by atoms with Crippen LogP contribution in [0.4, 0.5) is 13.2 Å². The number of carbonyl (C=O) groups is 4. The molecule has 2 aliphatic rings. The molecular weight excluding hydrogens is 613 g/mol. The summed E-state index contributed by atoms with van der Waals surface area (Å²) in [6, 6.07) is 24.2. The zero-order valence-electron chi connectivity index (χ0n) is 23.8. The van der Waals surface area contributed by atoms with Gasteiger partial charge < -0.3 is 26.6 Å². The van der Waals surface area contributed by atoms with Gasteiger partial charge in [0.15, 0.2) is 0 Å². The number of primary amides is 1. The van der Waals surface area contributed by atoms with Crippen LogP contribution in [0.15, 0.2) is 90.1 Å². The topological polar surface area (TPSA) is 167 Å². The molecule has 1 aliphatic heterocycles. The number of hydrogen-bond donors (Lipinski definition) is 4. The molecule has 238 valence electrons. The van der Waals surface area contributed by atoms with Crippen LogP contribution in [0.2, 0.25) is 0 Å². The van der Waals surface area contributed by atoms with Crippen molar-refractivity contribution in [1.29, 1.82) is 0 Å². The lowest BCUT2D eigenvalue weighted by atomic mass is 10.1. The molecule has 0 bridgehead atoms. The molecule has 5 rings (SSSR count). The number of alkyl halides is 3. The molecule has 2 amide bonds. The van der Waals surface area contributed by atoms with Crippen LogP contribution >= 0.6 is 11.8 Å². The SMILES string of the molecule is NC(=O)c1ccc2c(c1)CCC2.NCN1C(N(CC(=O)O)C(=O)c2ccccc2)=CSC1c1ccccc1.O=C(O)C(F)(F)F. The van der Waals surface area contributed by atoms with E-state index in [1.165, 1.54) is 34.2 Å². The van der Waals surface area contributed by atoms with E-state index < -0.39 is 24.7 Å². The fourth-order valence-corrected chi connectivity index (χ4v) is 5.69. The third-order valence-electron chi connectivity index (χ3n) is 6.62. The lowest BCUT2D eigenvalue weighted by molar-refractivity contribution is -0.192. The maximum atomic E-state index is 12.9. The van der Waals surface area contributed by atoms with E-state index in [-0.39, 0.29) is 23.9 Å². The van der Waals surface area contributed by atoms with Crippen LogP contribution in [0.5, 0.6) is 0 Å². The van der Waals surface area contributed by atoms with Gasteiger partial charge in [-0.25, -0.2) is 4.79 Å². The molecule has 6 N–H and O–H groups in total. The fourth-order valence-electron chi connectivity index (χ4n) is 4.52. The van der Waals surface area contributed by atoms with Crippen molar-refractivity contribution < 1.29 is 42.6 Å². The van der Waals surface area contributed by atoms with Crippen LogP contribution in [0.3, 0.4) is 0 Å². The summed E-state index contributed by atoms with van der Waals surface area (Å²) in [4.78, 5) is 47.1. The van der Waals surface area contributed by atoms with Crippen molar-refractivity contribution >= 4 is 35.5 Å². The van der Waals surface area contributed by atoms with Gasteiger partial charge in [-0.2, -0.15) is 13.2 Å². The number of amides is 2. The number of rotatable bonds is 7. The number of aryl methyl sites for hydroxylation is 2. The van der Waals surface area contributed by atoms with E-state index in [9.17, 15) is 32.7 Å². The quantitative estimate of drug-likeness (QED) is 0.288. The van der Waals surface area contributed by atoms with Crippen molar-refractivity contribution in [3.8, 4) is 0 Å². The van der Waals surface area contributed by atoms with Gasteiger partial charge in [-0.05, 0) is 60.2 Å². The van der Waals surface area contributed by atoms with Gasteiger partial charge in [0.25, 0.3) is 5.91 Å². The van der Waals surface area contributed by atoms with Gasteiger partial charge in [0.2, 0.25) is 5.91 Å². The van der Waals surface area contributed by atoms with Crippen LogP contribution in [0, 0.1) is 0 Å². The van der Waals surface area contributed by atoms with Gasteiger partial charge in [0, 0.05) is 16.5 Å². The molecule has 1 heterocycles. The molecule has 0 spiro atoms. The number of halogens is 3. The second kappa shape index (κ2) is 15.8. The van der Waals surface area contributed by atoms with Gasteiger partial charge >= 0.3 is 18.1 Å². The molecule has 1 atom stereocenters. The lowest BCUT2D eigenvalue weighted by Gasteiger charge is -2.33. The highest BCUT2D eigenvalue weighted by Gasteiger charge is 2.38. The van der Waals surface area contributed by atoms with Gasteiger partial charge in [0.1, 0.15) is 17.7 Å². The maximum Gasteiger partial charge on any atom is 0.490 e. The zero-order valence-corrected chi connectivity index (χ0v) is 24.6. The number of nitrogens with two attached hydrogens (primary N) is 2. The molecule has 14 heteroatoms. The Bertz CT molecular complexity index is 1540. The van der Waals surface area contributed by atoms with Crippen LogP contribution in [-0.2, 0) is 22.4 Å². The monoisotopic (exact) mass is 644 g/mol. The van der Waals surface area contributed by atoms with Gasteiger partial charge in [-0.3, -0.25) is 19.3 Å². The van der Waals surface area contributed by atoms with Crippen molar-refractivity contribution in [2.24, 2.45) is 11.5 Å². The Hall–Kier alpha value is -4.82. The molecule has 10 nitrogen and oxygen atoms in total. The molecule has 0 radical (unpaired) electrons. The maximum absolute atomic E-state index is 12.9. The highest BCUT2D eigenvalue weighted by atomic mass is 32.2. The Balaban J connectivity index is 0.000000238. The number of carboxylic acid groups (broad SMARTS) is 2. The van der Waals surface area contributed by atoms with Crippen LogP contribution in [0.25, 0.3) is 0 Å². The average Bonchev–Trinajstić information content (AvgIpc) is 3.67. The Morgan fingerprint density at radius 1 is 0.889 bits per heavy atom. The molecule has 0 saturated heterocycles. The summed E-state index contributed by atoms with van der Waals surface area (Å²) >= 11 is 1.50. The number of fused-ring (bicyclic) bond motifs is 1. The normalized spacial score (nSPS) is 15.0. The first-order valence-corrected chi connectivity index (χ1v) is 14.5. The third kappa shape index (κ3) is 9.58. The highest BCUT2D eigenvalue weighted by Crippen LogP contribution is 2.43. The summed E-state index contributed by atoms with van der Waals surface area (Å²) in [6.45, 7) is -0.269. The minimum atomic E-state index is -5.08. The summed E-state index contributed by atoms with van der Waals surface area (Å²) < 4.78 is 31.7. The Morgan fingerprint density at radius 3 is 2.00 bits per heavy atom. The number of benzene rings is 3. The summed E-state index contributed by atoms with van der Waals surface area (Å²) in [7, 11) is 0. The number of nitrogens with zero attached hydrogens (tertiary/aromatic N) is 2. The predicted molar refractivity (Wildman–Crippen MR) is 162 cm³/mol. The van der Waals surface area contributed by atoms with Crippen LogP contribution in [-0.4, -0.2) is 63.2 Å². The first kappa shape index (κ1) is 34.7. The van der Waals surface area contributed by atoms with Crippen molar-refractivity contribution in [2.75, 3.05) is 13.2 Å². The summed E-state index contributed by atoms with van der Waals surface area (Å²) in [6.07, 6.45) is -1.64. The minimum absolute atomic E-state index is 0.101. The first-order valence-electron chi connectivity index (χ1n) is 13.5. The van der Waals surface area contributed by atoms with Crippen molar-refractivity contribution in [3.63, 3.8) is 0 Å². The van der Waals surface area contributed by atoms with Gasteiger partial charge in [0.05, 0.1) is 6.67 Å². The lowest BCUT2D eigenvalue weighted by Crippen LogP contribution is -2.42. The number of carbonyl (C=O) groups excluding carboxylic acids is 2. The largest absolute Gasteiger partial charge is 0.490 e. The molecule has 0 saturated carbocycles. The van der Waals surface area contributed by atoms with E-state index >= 15 is 0 Å². The molecule has 3 aromatic carbocycles. The first-order chi connectivity index (χ1) is 21.3. The second-order valence-corrected chi connectivity index (χ2v) is 10.6. The molecule has 45 heavy (non-hydrogen) atoms. The van der Waals surface area contributed by atoms with Crippen molar-refractivity contribution in [3.05, 3.63) is 118 Å². The summed E-state index contributed by atoms with van der Waals surface area (Å²) in [5, 5.41) is 18.1. The molecule has 1 unspecified atom stereocenters. The van der Waals surface area contributed by atoms with Crippen LogP contribution < -0.4 is 11.5 Å². The molecule has 3 aromatic rings. The van der Waals surface area contributed by atoms with E-state index in [2.05, 4.69) is 0 Å². The van der Waals surface area contributed by atoms with Crippen molar-refractivity contribution in [2.45, 2.75) is 30.8 Å². The molecular formula is C31H31F3N4O6S. The minimum Gasteiger partial charge on any atom is -0.480 e. The van der Waals surface area contributed by atoms with E-state index in [1.54, 1.807) is 35.7 Å². The molecule has 1 aliphatic carbocycles. The van der Waals surface area contributed by atoms with Gasteiger partial charge in [-0.15, -0.1) is 11.8 Å². The van der Waals surface area contributed by atoms with Crippen LogP contribution in [0.1, 0.15) is 49.2 Å². The second-order valence-electron chi connectivity index (χ2n) is 9.68. The summed E-state index contributed by atoms with van der Waals surface area (Å²) in [5.74, 6) is -4.04. The zero-order chi connectivity index (χ0) is 33.1. The number of aliphatic carboxylic acids is 2. The Kier molecular flexibility index (Phi) is 12.1. The van der Waals surface area contributed by atoms with E-state index in [0.29, 0.717) is 16.9 Å². The number of thioether (sulfide) groups is 1.